The van der Waals surface area contributed by atoms with Crippen LogP contribution in [0.25, 0.3) is 0 Å². The fraction of sp³-hybridized carbons (Fsp3) is 0.364. The summed E-state index contributed by atoms with van der Waals surface area (Å²) in [6.45, 7) is 3.53. The molecule has 1 N–H and O–H groups in total. The highest BCUT2D eigenvalue weighted by Gasteiger charge is 2.62. The summed E-state index contributed by atoms with van der Waals surface area (Å²) < 4.78 is 70.6. The van der Waals surface area contributed by atoms with E-state index < -0.39 is 56.5 Å². The third kappa shape index (κ3) is 5.23. The molecule has 0 aliphatic carbocycles. The van der Waals surface area contributed by atoms with E-state index in [9.17, 15) is 26.6 Å². The van der Waals surface area contributed by atoms with E-state index in [1.807, 2.05) is 6.92 Å². The third-order valence-corrected chi connectivity index (χ3v) is 6.95. The van der Waals surface area contributed by atoms with Crippen LogP contribution >= 0.6 is 23.2 Å². The lowest BCUT2D eigenvalue weighted by molar-refractivity contribution is -0.275. The van der Waals surface area contributed by atoms with E-state index in [0.717, 1.165) is 18.6 Å². The second kappa shape index (κ2) is 10.2. The number of carbonyl (C=O) groups excluding carboxylic acids is 1. The van der Waals surface area contributed by atoms with Gasteiger partial charge in [0.2, 0.25) is 0 Å². The number of amides is 1. The summed E-state index contributed by atoms with van der Waals surface area (Å²) in [6.07, 6.45) is -4.13. The number of hydrogen-bond acceptors (Lipinski definition) is 4. The van der Waals surface area contributed by atoms with Crippen LogP contribution in [0.3, 0.4) is 0 Å². The SMILES string of the molecule is CCCCS(=O)NC(=O)c1ccc(C2=NOC(c3cc(Cl)c(F)c(Cl)c3)(C(F)(F)F)C2)cc1C. The van der Waals surface area contributed by atoms with E-state index >= 15 is 0 Å². The van der Waals surface area contributed by atoms with Gasteiger partial charge in [-0.3, -0.25) is 9.52 Å². The first kappa shape index (κ1) is 26.4. The molecule has 3 rings (SSSR count). The minimum Gasteiger partial charge on any atom is -0.374 e. The van der Waals surface area contributed by atoms with Gasteiger partial charge in [0, 0.05) is 23.3 Å². The topological polar surface area (TPSA) is 67.8 Å². The van der Waals surface area contributed by atoms with Gasteiger partial charge < -0.3 is 4.84 Å². The van der Waals surface area contributed by atoms with Crippen molar-refractivity contribution in [2.75, 3.05) is 5.75 Å². The van der Waals surface area contributed by atoms with E-state index in [-0.39, 0.29) is 11.3 Å². The van der Waals surface area contributed by atoms with Gasteiger partial charge in [-0.25, -0.2) is 8.60 Å². The molecular formula is C22H20Cl2F4N2O3S. The summed E-state index contributed by atoms with van der Waals surface area (Å²) in [4.78, 5) is 17.3. The quantitative estimate of drug-likeness (QED) is 0.336. The van der Waals surface area contributed by atoms with Crippen molar-refractivity contribution in [3.05, 3.63) is 68.4 Å². The van der Waals surface area contributed by atoms with Crippen LogP contribution in [-0.2, 0) is 21.4 Å². The Morgan fingerprint density at radius 3 is 2.44 bits per heavy atom. The molecule has 184 valence electrons. The van der Waals surface area contributed by atoms with Gasteiger partial charge in [-0.05, 0) is 48.7 Å². The van der Waals surface area contributed by atoms with Crippen LogP contribution in [0.5, 0.6) is 0 Å². The Labute approximate surface area is 206 Å². The fourth-order valence-corrected chi connectivity index (χ4v) is 4.89. The van der Waals surface area contributed by atoms with Crippen LogP contribution in [0.2, 0.25) is 10.0 Å². The van der Waals surface area contributed by atoms with Crippen molar-refractivity contribution < 1.29 is 31.4 Å². The van der Waals surface area contributed by atoms with Crippen molar-refractivity contribution in [1.29, 1.82) is 0 Å². The van der Waals surface area contributed by atoms with E-state index in [2.05, 4.69) is 9.88 Å². The van der Waals surface area contributed by atoms with Crippen LogP contribution in [0, 0.1) is 12.7 Å². The third-order valence-electron chi connectivity index (χ3n) is 5.33. The normalized spacial score (nSPS) is 18.9. The summed E-state index contributed by atoms with van der Waals surface area (Å²) in [7, 11) is -1.53. The predicted octanol–water partition coefficient (Wildman–Crippen LogP) is 6.22. The van der Waals surface area contributed by atoms with Crippen molar-refractivity contribution in [1.82, 2.24) is 4.72 Å². The molecule has 2 aromatic carbocycles. The molecule has 12 heteroatoms. The van der Waals surface area contributed by atoms with E-state index in [0.29, 0.717) is 23.3 Å². The number of nitrogens with one attached hydrogen (secondary N) is 1. The molecule has 1 aliphatic rings. The van der Waals surface area contributed by atoms with Gasteiger partial charge in [0.1, 0.15) is 11.0 Å². The second-order valence-corrected chi connectivity index (χ2v) is 9.87. The first-order valence-electron chi connectivity index (χ1n) is 10.2. The molecule has 0 fully saturated rings. The van der Waals surface area contributed by atoms with Gasteiger partial charge in [-0.15, -0.1) is 0 Å². The van der Waals surface area contributed by atoms with Gasteiger partial charge in [0.15, 0.2) is 5.82 Å². The van der Waals surface area contributed by atoms with Crippen LogP contribution in [-0.4, -0.2) is 27.8 Å². The molecular weight excluding hydrogens is 519 g/mol. The average molecular weight is 539 g/mol. The fourth-order valence-electron chi connectivity index (χ4n) is 3.43. The van der Waals surface area contributed by atoms with Gasteiger partial charge in [-0.1, -0.05) is 47.8 Å². The molecule has 1 heterocycles. The maximum atomic E-state index is 14.2. The second-order valence-electron chi connectivity index (χ2n) is 7.75. The average Bonchev–Trinajstić information content (AvgIpc) is 3.22. The number of unbranched alkanes of at least 4 members (excludes halogenated alkanes) is 1. The van der Waals surface area contributed by atoms with Crippen molar-refractivity contribution in [2.45, 2.75) is 44.9 Å². The molecule has 0 radical (unpaired) electrons. The van der Waals surface area contributed by atoms with Crippen molar-refractivity contribution in [2.24, 2.45) is 5.16 Å². The number of halogens is 6. The first-order valence-corrected chi connectivity index (χ1v) is 12.2. The Bertz CT molecular complexity index is 1150. The minimum atomic E-state index is -4.93. The van der Waals surface area contributed by atoms with Gasteiger partial charge in [0.25, 0.3) is 11.5 Å². The lowest BCUT2D eigenvalue weighted by atomic mass is 9.86. The van der Waals surface area contributed by atoms with E-state index in [1.165, 1.54) is 18.2 Å². The highest BCUT2D eigenvalue weighted by Crippen LogP contribution is 2.50. The lowest BCUT2D eigenvalue weighted by Gasteiger charge is -2.29. The zero-order valence-corrected chi connectivity index (χ0v) is 20.4. The van der Waals surface area contributed by atoms with E-state index in [1.54, 1.807) is 6.92 Å². The monoisotopic (exact) mass is 538 g/mol. The van der Waals surface area contributed by atoms with Crippen LogP contribution in [0.1, 0.15) is 53.2 Å². The maximum Gasteiger partial charge on any atom is 0.435 e. The van der Waals surface area contributed by atoms with Crippen molar-refractivity contribution in [3.8, 4) is 0 Å². The smallest absolute Gasteiger partial charge is 0.374 e. The Hall–Kier alpha value is -2.17. The molecule has 1 amide bonds. The molecule has 2 aromatic rings. The number of aryl methyl sites for hydroxylation is 1. The van der Waals surface area contributed by atoms with Gasteiger partial charge in [-0.2, -0.15) is 13.2 Å². The molecule has 1 aliphatic heterocycles. The Balaban J connectivity index is 1.87. The van der Waals surface area contributed by atoms with E-state index in [4.69, 9.17) is 28.0 Å². The van der Waals surface area contributed by atoms with Crippen molar-refractivity contribution in [3.63, 3.8) is 0 Å². The highest BCUT2D eigenvalue weighted by atomic mass is 35.5. The largest absolute Gasteiger partial charge is 0.435 e. The standard InChI is InChI=1S/C22H20Cl2F4N2O3S/c1-3-4-7-34(32)30-20(31)15-6-5-13(8-12(15)2)18-11-21(33-29-18,22(26,27)28)14-9-16(23)19(25)17(24)10-14/h5-6,8-10H,3-4,7,11H2,1-2H3,(H,30,31). The number of oxime groups is 1. The maximum absolute atomic E-state index is 14.2. The molecule has 34 heavy (non-hydrogen) atoms. The number of rotatable bonds is 7. The number of nitrogens with zero attached hydrogens (tertiary/aromatic N) is 1. The zero-order chi connectivity index (χ0) is 25.3. The summed E-state index contributed by atoms with van der Waals surface area (Å²) >= 11 is 11.4. The molecule has 0 bridgehead atoms. The summed E-state index contributed by atoms with van der Waals surface area (Å²) in [6, 6.07) is 5.95. The minimum absolute atomic E-state index is 0.0320. The molecule has 2 unspecified atom stereocenters. The van der Waals surface area contributed by atoms with Crippen molar-refractivity contribution >= 4 is 45.8 Å². The molecule has 0 saturated carbocycles. The molecule has 2 atom stereocenters. The number of benzene rings is 2. The number of hydrogen-bond donors (Lipinski definition) is 1. The Morgan fingerprint density at radius 2 is 1.88 bits per heavy atom. The van der Waals surface area contributed by atoms with Gasteiger partial charge >= 0.3 is 6.18 Å². The lowest BCUT2D eigenvalue weighted by Crippen LogP contribution is -2.42. The van der Waals surface area contributed by atoms with Gasteiger partial charge in [0.05, 0.1) is 15.8 Å². The predicted molar refractivity (Wildman–Crippen MR) is 123 cm³/mol. The van der Waals surface area contributed by atoms with Crippen LogP contribution in [0.4, 0.5) is 17.6 Å². The molecule has 0 spiro atoms. The number of alkyl halides is 3. The summed E-state index contributed by atoms with van der Waals surface area (Å²) in [5.41, 5.74) is -2.46. The summed E-state index contributed by atoms with van der Waals surface area (Å²) in [5.74, 6) is -1.27. The molecule has 0 aromatic heterocycles. The molecule has 0 saturated heterocycles. The zero-order valence-electron chi connectivity index (χ0n) is 18.1. The summed E-state index contributed by atoms with van der Waals surface area (Å²) in [5, 5.41) is 2.49. The number of carbonyl (C=O) groups is 1. The van der Waals surface area contributed by atoms with Crippen LogP contribution < -0.4 is 4.72 Å². The Morgan fingerprint density at radius 1 is 1.24 bits per heavy atom. The Kier molecular flexibility index (Phi) is 7.94. The highest BCUT2D eigenvalue weighted by molar-refractivity contribution is 7.83. The molecule has 5 nitrogen and oxygen atoms in total. The van der Waals surface area contributed by atoms with Crippen LogP contribution in [0.15, 0.2) is 35.5 Å². The first-order chi connectivity index (χ1) is 15.9.